The number of carbonyl (C=O) groups excluding carboxylic acids is 4. The van der Waals surface area contributed by atoms with Gasteiger partial charge in [-0.15, -0.1) is 0 Å². The molecule has 15 nitrogen and oxygen atoms in total. The van der Waals surface area contributed by atoms with Crippen molar-refractivity contribution in [2.45, 2.75) is 58.0 Å². The average molecular weight is 799 g/mol. The van der Waals surface area contributed by atoms with E-state index in [2.05, 4.69) is 15.3 Å². The number of aliphatic hydroxyl groups is 1. The molecular formula is C38H38F4N6O9. The lowest BCUT2D eigenvalue weighted by Gasteiger charge is -2.38. The van der Waals surface area contributed by atoms with Crippen LogP contribution in [0.15, 0.2) is 61.1 Å². The number of rotatable bonds is 10. The van der Waals surface area contributed by atoms with Crippen molar-refractivity contribution in [1.29, 1.82) is 0 Å². The van der Waals surface area contributed by atoms with Gasteiger partial charge in [0.2, 0.25) is 6.29 Å². The number of aryl methyl sites for hydroxylation is 1. The number of aliphatic hydroxyl groups excluding tert-OH is 1. The third kappa shape index (κ3) is 8.39. The summed E-state index contributed by atoms with van der Waals surface area (Å²) in [6.45, 7) is 3.22. The summed E-state index contributed by atoms with van der Waals surface area (Å²) in [5.74, 6) is -3.35. The number of urea groups is 1. The number of amides is 3. The summed E-state index contributed by atoms with van der Waals surface area (Å²) < 4.78 is 77.3. The maximum atomic E-state index is 15.8. The fourth-order valence-corrected chi connectivity index (χ4v) is 6.79. The van der Waals surface area contributed by atoms with Crippen LogP contribution < -0.4 is 20.0 Å². The standard InChI is InChI=1S/C38H38F4N6O9/c1-5-55-37(53)57-21(3)56-35(51)27(45-33(49)31-20(2)15-23(17-26(31)39)47-13-14-54-19-30(47)38(40,41)42)16-22-8-9-28(32-24(22)7-6-11-44-32)48-34(50)25-10-12-43-18-29(25)46(4)36(48)52/h6-12,15,17-18,21,27,30,34,50H,5,13-14,16,19H2,1-4H3,(H,45,49)/t21?,27-,30+,34?/m0/s1. The topological polar surface area (TPSA) is 173 Å². The van der Waals surface area contributed by atoms with Crippen molar-refractivity contribution in [1.82, 2.24) is 15.3 Å². The molecule has 302 valence electrons. The maximum Gasteiger partial charge on any atom is 0.511 e. The highest BCUT2D eigenvalue weighted by Gasteiger charge is 2.46. The summed E-state index contributed by atoms with van der Waals surface area (Å²) in [5, 5.41) is 14.2. The Morgan fingerprint density at radius 2 is 1.88 bits per heavy atom. The second-order valence-electron chi connectivity index (χ2n) is 13.1. The second-order valence-corrected chi connectivity index (χ2v) is 13.1. The van der Waals surface area contributed by atoms with Gasteiger partial charge in [-0.2, -0.15) is 13.2 Å². The Labute approximate surface area is 323 Å². The number of halogens is 4. The van der Waals surface area contributed by atoms with Gasteiger partial charge in [0.1, 0.15) is 17.9 Å². The van der Waals surface area contributed by atoms with Gasteiger partial charge in [0, 0.05) is 56.0 Å². The zero-order valence-electron chi connectivity index (χ0n) is 31.1. The Morgan fingerprint density at radius 3 is 2.60 bits per heavy atom. The highest BCUT2D eigenvalue weighted by atomic mass is 19.4. The Kier molecular flexibility index (Phi) is 11.8. The van der Waals surface area contributed by atoms with Crippen LogP contribution in [-0.2, 0) is 30.2 Å². The molecule has 0 radical (unpaired) electrons. The first-order valence-corrected chi connectivity index (χ1v) is 17.7. The summed E-state index contributed by atoms with van der Waals surface area (Å²) in [6.07, 6.45) is -4.64. The van der Waals surface area contributed by atoms with E-state index in [9.17, 15) is 37.5 Å². The molecular weight excluding hydrogens is 760 g/mol. The zero-order valence-corrected chi connectivity index (χ0v) is 31.1. The minimum Gasteiger partial charge on any atom is -0.435 e. The molecule has 57 heavy (non-hydrogen) atoms. The monoisotopic (exact) mass is 798 g/mol. The number of morpholine rings is 1. The molecule has 0 spiro atoms. The third-order valence-electron chi connectivity index (χ3n) is 9.47. The van der Waals surface area contributed by atoms with Crippen molar-refractivity contribution >= 4 is 52.0 Å². The van der Waals surface area contributed by atoms with Crippen LogP contribution in [0, 0.1) is 12.7 Å². The molecule has 4 heterocycles. The summed E-state index contributed by atoms with van der Waals surface area (Å²) in [5.41, 5.74) is 0.983. The molecule has 2 aromatic heterocycles. The van der Waals surface area contributed by atoms with Gasteiger partial charge in [-0.05, 0) is 55.3 Å². The van der Waals surface area contributed by atoms with E-state index in [1.807, 2.05) is 0 Å². The molecule has 2 aromatic carbocycles. The number of nitrogens with one attached hydrogen (secondary N) is 1. The van der Waals surface area contributed by atoms with E-state index in [1.54, 1.807) is 24.3 Å². The highest BCUT2D eigenvalue weighted by molar-refractivity contribution is 6.10. The number of hydrogen-bond donors (Lipinski definition) is 2. The number of esters is 1. The molecule has 0 saturated carbocycles. The smallest absolute Gasteiger partial charge is 0.435 e. The SMILES string of the molecule is CCOC(=O)OC(C)OC(=O)[C@H](Cc1ccc(N2C(=O)N(C)c3cnccc3C2O)c2ncccc12)NC(=O)c1c(C)cc(N2CCOC[C@@H]2C(F)(F)F)cc1F. The second kappa shape index (κ2) is 16.6. The minimum absolute atomic E-state index is 0.0212. The number of nitrogens with zero attached hydrogens (tertiary/aromatic N) is 5. The van der Waals surface area contributed by atoms with Gasteiger partial charge >= 0.3 is 24.3 Å². The third-order valence-corrected chi connectivity index (χ3v) is 9.47. The fraction of sp³-hybridized carbons (Fsp3) is 0.368. The van der Waals surface area contributed by atoms with Crippen molar-refractivity contribution < 1.29 is 60.8 Å². The number of pyridine rings is 2. The molecule has 2 unspecified atom stereocenters. The van der Waals surface area contributed by atoms with E-state index in [-0.39, 0.29) is 48.6 Å². The average Bonchev–Trinajstić information content (AvgIpc) is 3.16. The Morgan fingerprint density at radius 1 is 1.11 bits per heavy atom. The Bertz CT molecular complexity index is 2170. The first-order valence-electron chi connectivity index (χ1n) is 17.7. The van der Waals surface area contributed by atoms with Crippen molar-refractivity contribution in [3.8, 4) is 0 Å². The van der Waals surface area contributed by atoms with Gasteiger partial charge in [0.25, 0.3) is 5.91 Å². The maximum absolute atomic E-state index is 15.8. The summed E-state index contributed by atoms with van der Waals surface area (Å²) in [4.78, 5) is 65.0. The van der Waals surface area contributed by atoms with Crippen LogP contribution in [0.3, 0.4) is 0 Å². The summed E-state index contributed by atoms with van der Waals surface area (Å²) in [6, 6.07) is 5.71. The number of ether oxygens (including phenoxy) is 4. The van der Waals surface area contributed by atoms with E-state index in [1.165, 1.54) is 63.4 Å². The molecule has 1 saturated heterocycles. The molecule has 2 N–H and O–H groups in total. The van der Waals surface area contributed by atoms with Crippen molar-refractivity contribution in [2.75, 3.05) is 48.1 Å². The minimum atomic E-state index is -4.68. The number of alkyl halides is 3. The van der Waals surface area contributed by atoms with Crippen LogP contribution in [0.25, 0.3) is 10.9 Å². The van der Waals surface area contributed by atoms with E-state index in [4.69, 9.17) is 18.9 Å². The fourth-order valence-electron chi connectivity index (χ4n) is 6.79. The summed E-state index contributed by atoms with van der Waals surface area (Å²) >= 11 is 0. The quantitative estimate of drug-likeness (QED) is 0.120. The van der Waals surface area contributed by atoms with E-state index in [0.29, 0.717) is 22.2 Å². The predicted molar refractivity (Wildman–Crippen MR) is 195 cm³/mol. The molecule has 4 aromatic rings. The number of aromatic nitrogens is 2. The normalized spacial score (nSPS) is 18.1. The summed E-state index contributed by atoms with van der Waals surface area (Å²) in [7, 11) is 1.53. The molecule has 3 amide bonds. The number of hydrogen-bond acceptors (Lipinski definition) is 12. The van der Waals surface area contributed by atoms with Crippen LogP contribution in [-0.4, -0.2) is 97.1 Å². The Balaban J connectivity index is 1.33. The number of fused-ring (bicyclic) bond motifs is 2. The molecule has 1 fully saturated rings. The molecule has 4 atom stereocenters. The lowest BCUT2D eigenvalue weighted by molar-refractivity contribution is -0.170. The van der Waals surface area contributed by atoms with Crippen LogP contribution in [0.4, 0.5) is 44.2 Å². The van der Waals surface area contributed by atoms with Gasteiger partial charge < -0.3 is 34.3 Å². The lowest BCUT2D eigenvalue weighted by atomic mass is 9.98. The van der Waals surface area contributed by atoms with Gasteiger partial charge in [0.15, 0.2) is 6.23 Å². The van der Waals surface area contributed by atoms with E-state index >= 15 is 4.39 Å². The van der Waals surface area contributed by atoms with Crippen molar-refractivity contribution in [3.63, 3.8) is 0 Å². The largest absolute Gasteiger partial charge is 0.511 e. The number of benzene rings is 2. The number of carbonyl (C=O) groups is 4. The van der Waals surface area contributed by atoms with Crippen LogP contribution in [0.2, 0.25) is 0 Å². The van der Waals surface area contributed by atoms with Gasteiger partial charge in [-0.3, -0.25) is 24.6 Å². The zero-order chi connectivity index (χ0) is 41.2. The van der Waals surface area contributed by atoms with Crippen molar-refractivity contribution in [3.05, 3.63) is 89.1 Å². The Hall–Kier alpha value is -6.08. The molecule has 6 rings (SSSR count). The molecule has 0 aliphatic carbocycles. The van der Waals surface area contributed by atoms with Crippen molar-refractivity contribution in [2.24, 2.45) is 0 Å². The molecule has 0 bridgehead atoms. The first-order chi connectivity index (χ1) is 27.1. The van der Waals surface area contributed by atoms with E-state index < -0.39 is 72.8 Å². The van der Waals surface area contributed by atoms with Gasteiger partial charge in [-0.25, -0.2) is 18.8 Å². The van der Waals surface area contributed by atoms with Crippen LogP contribution >= 0.6 is 0 Å². The van der Waals surface area contributed by atoms with Crippen LogP contribution in [0.1, 0.15) is 47.1 Å². The highest BCUT2D eigenvalue weighted by Crippen LogP contribution is 2.40. The number of anilines is 3. The molecule has 19 heteroatoms. The van der Waals surface area contributed by atoms with E-state index in [0.717, 1.165) is 15.9 Å². The molecule has 2 aliphatic rings. The lowest BCUT2D eigenvalue weighted by Crippen LogP contribution is -2.53. The van der Waals surface area contributed by atoms with Crippen LogP contribution in [0.5, 0.6) is 0 Å². The molecule has 2 aliphatic heterocycles. The van der Waals surface area contributed by atoms with Gasteiger partial charge in [-0.1, -0.05) is 12.1 Å². The van der Waals surface area contributed by atoms with Gasteiger partial charge in [0.05, 0.1) is 48.5 Å². The first kappa shape index (κ1) is 40.6. The predicted octanol–water partition coefficient (Wildman–Crippen LogP) is 5.32.